The summed E-state index contributed by atoms with van der Waals surface area (Å²) in [5, 5.41) is 0. The standard InChI is InChI=1S/C59H100O6/c1-4-7-10-13-16-19-22-25-26-27-28-29-30-31-32-35-37-40-43-46-49-52-58(61)64-55-56(65-59(62)53-50-47-44-41-38-34-24-21-18-15-12-9-6-3)54-63-57(60)51-48-45-42-39-36-33-23-20-17-14-11-8-5-2/h9,12,18,21-22,25,27-28,30-31,34,38,44,47,56H,4-8,10-11,13-17,19-20,23-24,26,29,32-33,35-37,39-43,45-46,48-55H2,1-3H3/b12-9-,21-18-,25-22-,28-27-,31-30-,38-34-,47-44-. The molecule has 6 heteroatoms. The lowest BCUT2D eigenvalue weighted by molar-refractivity contribution is -0.166. The second-order valence-electron chi connectivity index (χ2n) is 17.8. The van der Waals surface area contributed by atoms with Crippen LogP contribution in [0, 0.1) is 0 Å². The Labute approximate surface area is 401 Å². The molecule has 6 nitrogen and oxygen atoms in total. The Morgan fingerprint density at radius 2 is 0.631 bits per heavy atom. The van der Waals surface area contributed by atoms with Gasteiger partial charge in [0.25, 0.3) is 0 Å². The maximum absolute atomic E-state index is 12.8. The van der Waals surface area contributed by atoms with Gasteiger partial charge in [0.15, 0.2) is 6.10 Å². The minimum absolute atomic E-state index is 0.108. The highest BCUT2D eigenvalue weighted by atomic mass is 16.6. The van der Waals surface area contributed by atoms with Gasteiger partial charge in [-0.25, -0.2) is 0 Å². The second-order valence-corrected chi connectivity index (χ2v) is 17.8. The molecule has 0 aliphatic heterocycles. The van der Waals surface area contributed by atoms with Crippen LogP contribution in [0.5, 0.6) is 0 Å². The maximum atomic E-state index is 12.8. The van der Waals surface area contributed by atoms with Crippen molar-refractivity contribution in [3.8, 4) is 0 Å². The first-order valence-electron chi connectivity index (χ1n) is 27.1. The number of ether oxygens (including phenoxy) is 3. The molecule has 0 aromatic rings. The van der Waals surface area contributed by atoms with Crippen LogP contribution in [0.1, 0.15) is 252 Å². The van der Waals surface area contributed by atoms with Crippen molar-refractivity contribution in [1.82, 2.24) is 0 Å². The lowest BCUT2D eigenvalue weighted by Crippen LogP contribution is -2.30. The maximum Gasteiger partial charge on any atom is 0.306 e. The number of carbonyl (C=O) groups excluding carboxylic acids is 3. The number of unbranched alkanes of at least 4 members (excludes halogenated alkanes) is 23. The third-order valence-electron chi connectivity index (χ3n) is 11.4. The van der Waals surface area contributed by atoms with E-state index in [-0.39, 0.29) is 31.6 Å². The van der Waals surface area contributed by atoms with Gasteiger partial charge >= 0.3 is 17.9 Å². The monoisotopic (exact) mass is 905 g/mol. The third-order valence-corrected chi connectivity index (χ3v) is 11.4. The zero-order valence-corrected chi connectivity index (χ0v) is 42.5. The minimum Gasteiger partial charge on any atom is -0.462 e. The van der Waals surface area contributed by atoms with Gasteiger partial charge in [0.05, 0.1) is 0 Å². The molecule has 0 aromatic heterocycles. The quantitative estimate of drug-likeness (QED) is 0.0262. The fourth-order valence-corrected chi connectivity index (χ4v) is 7.35. The first kappa shape index (κ1) is 61.6. The van der Waals surface area contributed by atoms with Gasteiger partial charge in [0.1, 0.15) is 13.2 Å². The third kappa shape index (κ3) is 51.4. The Hall–Kier alpha value is -3.41. The molecule has 0 aromatic carbocycles. The summed E-state index contributed by atoms with van der Waals surface area (Å²) in [5.74, 6) is -1.00. The Bertz CT molecular complexity index is 1270. The van der Waals surface area contributed by atoms with E-state index in [1.54, 1.807) is 0 Å². The second kappa shape index (κ2) is 53.2. The molecule has 1 unspecified atom stereocenters. The smallest absolute Gasteiger partial charge is 0.306 e. The Morgan fingerprint density at radius 1 is 0.323 bits per heavy atom. The summed E-state index contributed by atoms with van der Waals surface area (Å²) >= 11 is 0. The van der Waals surface area contributed by atoms with Crippen LogP contribution in [0.2, 0.25) is 0 Å². The summed E-state index contributed by atoms with van der Waals surface area (Å²) < 4.78 is 16.7. The normalized spacial score (nSPS) is 12.7. The van der Waals surface area contributed by atoms with Crippen molar-refractivity contribution >= 4 is 17.9 Å². The van der Waals surface area contributed by atoms with E-state index in [0.29, 0.717) is 19.3 Å². The van der Waals surface area contributed by atoms with E-state index in [0.717, 1.165) is 89.9 Å². The van der Waals surface area contributed by atoms with Crippen LogP contribution in [0.3, 0.4) is 0 Å². The first-order valence-corrected chi connectivity index (χ1v) is 27.1. The Morgan fingerprint density at radius 3 is 1.00 bits per heavy atom. The van der Waals surface area contributed by atoms with Crippen LogP contribution in [0.15, 0.2) is 85.1 Å². The van der Waals surface area contributed by atoms with Crippen LogP contribution in [0.4, 0.5) is 0 Å². The van der Waals surface area contributed by atoms with E-state index >= 15 is 0 Å². The fourth-order valence-electron chi connectivity index (χ4n) is 7.35. The molecule has 0 amide bonds. The van der Waals surface area contributed by atoms with E-state index in [4.69, 9.17) is 14.2 Å². The molecule has 0 bridgehead atoms. The molecular weight excluding hydrogens is 805 g/mol. The first-order chi connectivity index (χ1) is 32.0. The van der Waals surface area contributed by atoms with E-state index < -0.39 is 12.1 Å². The van der Waals surface area contributed by atoms with Gasteiger partial charge in [-0.3, -0.25) is 14.4 Å². The van der Waals surface area contributed by atoms with Gasteiger partial charge in [-0.15, -0.1) is 0 Å². The zero-order valence-electron chi connectivity index (χ0n) is 42.5. The van der Waals surface area contributed by atoms with Crippen LogP contribution in [-0.2, 0) is 28.6 Å². The van der Waals surface area contributed by atoms with Gasteiger partial charge in [-0.2, -0.15) is 0 Å². The van der Waals surface area contributed by atoms with Gasteiger partial charge in [-0.05, 0) is 83.5 Å². The predicted octanol–water partition coefficient (Wildman–Crippen LogP) is 18.0. The minimum atomic E-state index is -0.818. The Balaban J connectivity index is 4.43. The highest BCUT2D eigenvalue weighted by molar-refractivity contribution is 5.71. The largest absolute Gasteiger partial charge is 0.462 e. The Kier molecular flexibility index (Phi) is 50.4. The number of rotatable bonds is 48. The summed E-state index contributed by atoms with van der Waals surface area (Å²) in [7, 11) is 0. The number of hydrogen-bond donors (Lipinski definition) is 0. The van der Waals surface area contributed by atoms with Crippen molar-refractivity contribution in [2.75, 3.05) is 13.2 Å². The van der Waals surface area contributed by atoms with Gasteiger partial charge < -0.3 is 14.2 Å². The number of carbonyl (C=O) groups is 3. The van der Waals surface area contributed by atoms with Crippen molar-refractivity contribution in [1.29, 1.82) is 0 Å². The molecule has 0 aliphatic carbocycles. The lowest BCUT2D eigenvalue weighted by Gasteiger charge is -2.18. The average Bonchev–Trinajstić information content (AvgIpc) is 3.30. The molecule has 0 N–H and O–H groups in total. The number of allylic oxidation sites excluding steroid dienone is 14. The van der Waals surface area contributed by atoms with Crippen LogP contribution in [0.25, 0.3) is 0 Å². The van der Waals surface area contributed by atoms with E-state index in [9.17, 15) is 14.4 Å². The van der Waals surface area contributed by atoms with Crippen molar-refractivity contribution in [2.45, 2.75) is 258 Å². The summed E-state index contributed by atoms with van der Waals surface area (Å²) in [6, 6.07) is 0. The van der Waals surface area contributed by atoms with E-state index in [1.807, 2.05) is 12.2 Å². The molecule has 0 saturated heterocycles. The molecule has 0 aliphatic rings. The van der Waals surface area contributed by atoms with E-state index in [2.05, 4.69) is 93.7 Å². The molecule has 0 heterocycles. The SMILES string of the molecule is CC/C=C\C/C=C\C/C=C\C/C=C\CCC(=O)OC(COC(=O)CCCCCCCC/C=C\C/C=C\C/C=C\CCCCCCC)COC(=O)CCCCCCCCCCCCCCC. The molecule has 1 atom stereocenters. The molecule has 372 valence electrons. The van der Waals surface area contributed by atoms with Crippen LogP contribution >= 0.6 is 0 Å². The summed E-state index contributed by atoms with van der Waals surface area (Å²) in [6.45, 7) is 6.44. The van der Waals surface area contributed by atoms with Crippen molar-refractivity contribution in [2.24, 2.45) is 0 Å². The summed E-state index contributed by atoms with van der Waals surface area (Å²) in [6.07, 6.45) is 68.7. The molecule has 0 radical (unpaired) electrons. The average molecular weight is 905 g/mol. The van der Waals surface area contributed by atoms with Crippen LogP contribution in [-0.4, -0.2) is 37.2 Å². The highest BCUT2D eigenvalue weighted by Crippen LogP contribution is 2.14. The molecular formula is C59H100O6. The molecule has 0 fully saturated rings. The zero-order chi connectivity index (χ0) is 47.2. The van der Waals surface area contributed by atoms with Crippen molar-refractivity contribution < 1.29 is 28.6 Å². The molecule has 0 rings (SSSR count). The number of hydrogen-bond acceptors (Lipinski definition) is 6. The van der Waals surface area contributed by atoms with E-state index in [1.165, 1.54) is 116 Å². The molecule has 65 heavy (non-hydrogen) atoms. The lowest BCUT2D eigenvalue weighted by atomic mass is 10.0. The molecule has 0 spiro atoms. The topological polar surface area (TPSA) is 78.9 Å². The summed E-state index contributed by atoms with van der Waals surface area (Å²) in [5.41, 5.74) is 0. The summed E-state index contributed by atoms with van der Waals surface area (Å²) in [4.78, 5) is 38.0. The van der Waals surface area contributed by atoms with Gasteiger partial charge in [0, 0.05) is 19.3 Å². The van der Waals surface area contributed by atoms with Gasteiger partial charge in [0.2, 0.25) is 0 Å². The van der Waals surface area contributed by atoms with Crippen molar-refractivity contribution in [3.63, 3.8) is 0 Å². The fraction of sp³-hybridized carbons (Fsp3) is 0.712. The van der Waals surface area contributed by atoms with Crippen molar-refractivity contribution in [3.05, 3.63) is 85.1 Å². The van der Waals surface area contributed by atoms with Gasteiger partial charge in [-0.1, -0.05) is 234 Å². The molecule has 0 saturated carbocycles. The highest BCUT2D eigenvalue weighted by Gasteiger charge is 2.19. The number of esters is 3. The van der Waals surface area contributed by atoms with Crippen LogP contribution < -0.4 is 0 Å². The predicted molar refractivity (Wildman–Crippen MR) is 279 cm³/mol.